The van der Waals surface area contributed by atoms with Gasteiger partial charge in [-0.25, -0.2) is 9.97 Å². The zero-order valence-corrected chi connectivity index (χ0v) is 18.8. The maximum Gasteiger partial charge on any atom is 0.254 e. The summed E-state index contributed by atoms with van der Waals surface area (Å²) in [4.78, 5) is 24.1. The molecule has 1 amide bonds. The van der Waals surface area contributed by atoms with E-state index >= 15 is 0 Å². The number of thiophene rings is 1. The number of aromatic nitrogens is 3. The average Bonchev–Trinajstić information content (AvgIpc) is 3.58. The Morgan fingerprint density at radius 3 is 2.85 bits per heavy atom. The number of carbonyl (C=O) groups excluding carboxylic acids is 1. The quantitative estimate of drug-likeness (QED) is 0.429. The number of phenols is 1. The van der Waals surface area contributed by atoms with Gasteiger partial charge >= 0.3 is 0 Å². The molecule has 8 nitrogen and oxygen atoms in total. The minimum atomic E-state index is -0.0937. The molecule has 2 aliphatic rings. The molecular formula is C24H24N6O2S. The second kappa shape index (κ2) is 7.77. The van der Waals surface area contributed by atoms with Gasteiger partial charge in [-0.3, -0.25) is 9.20 Å². The summed E-state index contributed by atoms with van der Waals surface area (Å²) in [5, 5.41) is 17.6. The topological polar surface area (TPSA) is 109 Å². The van der Waals surface area contributed by atoms with Crippen molar-refractivity contribution in [3.8, 4) is 5.75 Å². The van der Waals surface area contributed by atoms with E-state index in [9.17, 15) is 9.90 Å². The van der Waals surface area contributed by atoms with Crippen LogP contribution < -0.4 is 11.1 Å². The van der Waals surface area contributed by atoms with Crippen LogP contribution in [0.25, 0.3) is 5.52 Å². The minimum absolute atomic E-state index is 0.0937. The second-order valence-electron chi connectivity index (χ2n) is 8.67. The molecule has 168 valence electrons. The smallest absolute Gasteiger partial charge is 0.254 e. The molecule has 1 unspecified atom stereocenters. The van der Waals surface area contributed by atoms with E-state index in [0.717, 1.165) is 46.7 Å². The van der Waals surface area contributed by atoms with E-state index < -0.39 is 0 Å². The molecule has 0 radical (unpaired) electrons. The number of nitrogens with two attached hydrogens (primary N) is 1. The van der Waals surface area contributed by atoms with Crippen molar-refractivity contribution in [1.29, 1.82) is 0 Å². The number of aromatic hydroxyl groups is 1. The maximum atomic E-state index is 12.7. The van der Waals surface area contributed by atoms with Crippen LogP contribution >= 0.6 is 11.3 Å². The Morgan fingerprint density at radius 2 is 2.09 bits per heavy atom. The number of fused-ring (bicyclic) bond motifs is 2. The van der Waals surface area contributed by atoms with Crippen molar-refractivity contribution in [2.45, 2.75) is 31.2 Å². The van der Waals surface area contributed by atoms with Gasteiger partial charge in [-0.05, 0) is 36.4 Å². The first kappa shape index (κ1) is 20.0. The Hall–Kier alpha value is -3.59. The molecule has 3 aromatic heterocycles. The third-order valence-corrected chi connectivity index (χ3v) is 7.46. The molecule has 2 aliphatic heterocycles. The van der Waals surface area contributed by atoms with Crippen molar-refractivity contribution >= 4 is 34.3 Å². The largest absolute Gasteiger partial charge is 0.508 e. The van der Waals surface area contributed by atoms with Crippen LogP contribution in [-0.4, -0.2) is 43.4 Å². The first-order chi connectivity index (χ1) is 16.1. The van der Waals surface area contributed by atoms with E-state index in [2.05, 4.69) is 14.7 Å². The van der Waals surface area contributed by atoms with Crippen LogP contribution in [0.4, 0.5) is 11.5 Å². The van der Waals surface area contributed by atoms with E-state index in [-0.39, 0.29) is 17.9 Å². The summed E-state index contributed by atoms with van der Waals surface area (Å²) < 4.78 is 2.06. The number of rotatable bonds is 3. The summed E-state index contributed by atoms with van der Waals surface area (Å²) in [6, 6.07) is 7.30. The normalized spacial score (nSPS) is 18.4. The van der Waals surface area contributed by atoms with Gasteiger partial charge in [0, 0.05) is 54.5 Å². The van der Waals surface area contributed by atoms with Gasteiger partial charge in [0.15, 0.2) is 0 Å². The Labute approximate surface area is 194 Å². The lowest BCUT2D eigenvalue weighted by Gasteiger charge is -2.31. The van der Waals surface area contributed by atoms with Gasteiger partial charge in [-0.1, -0.05) is 6.07 Å². The molecule has 0 spiro atoms. The molecule has 9 heteroatoms. The third kappa shape index (κ3) is 3.31. The molecular weight excluding hydrogens is 436 g/mol. The lowest BCUT2D eigenvalue weighted by Crippen LogP contribution is -2.38. The van der Waals surface area contributed by atoms with Gasteiger partial charge in [0.25, 0.3) is 5.91 Å². The molecule has 1 aromatic carbocycles. The first-order valence-corrected chi connectivity index (χ1v) is 12.1. The van der Waals surface area contributed by atoms with Crippen LogP contribution in [0.15, 0.2) is 47.4 Å². The van der Waals surface area contributed by atoms with Gasteiger partial charge < -0.3 is 21.1 Å². The molecule has 6 rings (SSSR count). The number of hydrogen-bond donors (Lipinski definition) is 3. The summed E-state index contributed by atoms with van der Waals surface area (Å²) in [6.45, 7) is 1.40. The number of piperidine rings is 1. The minimum Gasteiger partial charge on any atom is -0.508 e. The molecule has 0 bridgehead atoms. The lowest BCUT2D eigenvalue weighted by atomic mass is 9.95. The Kier molecular flexibility index (Phi) is 4.72. The number of likely N-dealkylation sites (tertiary alicyclic amines) is 1. The van der Waals surface area contributed by atoms with Crippen molar-refractivity contribution in [3.05, 3.63) is 70.1 Å². The number of imidazole rings is 1. The highest BCUT2D eigenvalue weighted by Crippen LogP contribution is 2.41. The highest BCUT2D eigenvalue weighted by molar-refractivity contribution is 7.08. The lowest BCUT2D eigenvalue weighted by molar-refractivity contribution is 0.0711. The van der Waals surface area contributed by atoms with Crippen LogP contribution in [0.1, 0.15) is 52.2 Å². The number of hydrogen-bond acceptors (Lipinski definition) is 7. The van der Waals surface area contributed by atoms with Gasteiger partial charge in [-0.15, -0.1) is 0 Å². The summed E-state index contributed by atoms with van der Waals surface area (Å²) in [5.41, 5.74) is 10.6. The van der Waals surface area contributed by atoms with Crippen LogP contribution in [0.5, 0.6) is 5.75 Å². The number of carbonyl (C=O) groups is 1. The molecule has 5 heterocycles. The van der Waals surface area contributed by atoms with E-state index in [1.165, 1.54) is 0 Å². The summed E-state index contributed by atoms with van der Waals surface area (Å²) in [5.74, 6) is 2.01. The van der Waals surface area contributed by atoms with Gasteiger partial charge in [0.1, 0.15) is 22.9 Å². The average molecular weight is 461 g/mol. The fraction of sp³-hybridized carbons (Fsp3) is 0.292. The monoisotopic (exact) mass is 460 g/mol. The third-order valence-electron chi connectivity index (χ3n) is 6.77. The number of anilines is 2. The Bertz CT molecular complexity index is 1340. The van der Waals surface area contributed by atoms with Gasteiger partial charge in [0.2, 0.25) is 0 Å². The number of benzene rings is 1. The van der Waals surface area contributed by atoms with Crippen LogP contribution in [-0.2, 0) is 6.42 Å². The van der Waals surface area contributed by atoms with Crippen molar-refractivity contribution in [2.75, 3.05) is 24.1 Å². The first-order valence-electron chi connectivity index (χ1n) is 11.1. The van der Waals surface area contributed by atoms with Crippen molar-refractivity contribution in [2.24, 2.45) is 0 Å². The molecule has 1 saturated heterocycles. The maximum absolute atomic E-state index is 12.7. The van der Waals surface area contributed by atoms with E-state index in [1.54, 1.807) is 23.6 Å². The SMILES string of the molecule is Nc1nccn2c(C3CCN(C(=O)c4ccsc4)CC3)nc(C3Cc4c(O)cccc4N3)c12. The van der Waals surface area contributed by atoms with Crippen molar-refractivity contribution in [1.82, 2.24) is 19.3 Å². The number of nitrogen functional groups attached to an aromatic ring is 1. The number of amides is 1. The van der Waals surface area contributed by atoms with E-state index in [0.29, 0.717) is 31.1 Å². The highest BCUT2D eigenvalue weighted by Gasteiger charge is 2.33. The van der Waals surface area contributed by atoms with Crippen LogP contribution in [0, 0.1) is 0 Å². The fourth-order valence-electron chi connectivity index (χ4n) is 5.09. The van der Waals surface area contributed by atoms with E-state index in [1.807, 2.05) is 40.1 Å². The molecule has 4 N–H and O–H groups in total. The predicted octanol–water partition coefficient (Wildman–Crippen LogP) is 3.81. The summed E-state index contributed by atoms with van der Waals surface area (Å²) >= 11 is 1.54. The summed E-state index contributed by atoms with van der Waals surface area (Å²) in [7, 11) is 0. The molecule has 0 saturated carbocycles. The standard InChI is InChI=1S/C24H24N6O2S/c25-22-21-20(18-12-16-17(27-18)2-1-3-19(16)31)28-23(30(21)10-7-26-22)14-4-8-29(9-5-14)24(32)15-6-11-33-13-15/h1-3,6-7,10-11,13-14,18,27,31H,4-5,8-9,12H2,(H2,25,26). The predicted molar refractivity (Wildman–Crippen MR) is 128 cm³/mol. The second-order valence-corrected chi connectivity index (χ2v) is 9.45. The van der Waals surface area contributed by atoms with Crippen LogP contribution in [0.3, 0.4) is 0 Å². The highest BCUT2D eigenvalue weighted by atomic mass is 32.1. The molecule has 1 atom stereocenters. The zero-order chi connectivity index (χ0) is 22.5. The van der Waals surface area contributed by atoms with Gasteiger partial charge in [0.05, 0.1) is 17.3 Å². The van der Waals surface area contributed by atoms with E-state index in [4.69, 9.17) is 10.7 Å². The molecule has 1 fully saturated rings. The van der Waals surface area contributed by atoms with Crippen molar-refractivity contribution < 1.29 is 9.90 Å². The molecule has 33 heavy (non-hydrogen) atoms. The van der Waals surface area contributed by atoms with Gasteiger partial charge in [-0.2, -0.15) is 11.3 Å². The van der Waals surface area contributed by atoms with Crippen LogP contribution in [0.2, 0.25) is 0 Å². The Morgan fingerprint density at radius 1 is 1.24 bits per heavy atom. The zero-order valence-electron chi connectivity index (χ0n) is 17.9. The summed E-state index contributed by atoms with van der Waals surface area (Å²) in [6.07, 6.45) is 5.94. The molecule has 4 aromatic rings. The number of nitrogens with zero attached hydrogens (tertiary/aromatic N) is 4. The number of phenolic OH excluding ortho intramolecular Hbond substituents is 1. The Balaban J connectivity index is 1.30. The fourth-order valence-corrected chi connectivity index (χ4v) is 5.72. The molecule has 0 aliphatic carbocycles. The number of nitrogens with one attached hydrogen (secondary N) is 1. The van der Waals surface area contributed by atoms with Crippen molar-refractivity contribution in [3.63, 3.8) is 0 Å².